The fourth-order valence-corrected chi connectivity index (χ4v) is 2.76. The molecule has 0 aromatic rings. The van der Waals surface area contributed by atoms with Crippen molar-refractivity contribution < 1.29 is 14.6 Å². The highest BCUT2D eigenvalue weighted by molar-refractivity contribution is 7.99. The van der Waals surface area contributed by atoms with Crippen LogP contribution >= 0.6 is 11.8 Å². The van der Waals surface area contributed by atoms with E-state index in [1.807, 2.05) is 0 Å². The molecular formula is C10H19NO3S. The maximum absolute atomic E-state index is 11.1. The number of aliphatic hydroxyl groups excluding tert-OH is 1. The van der Waals surface area contributed by atoms with Crippen LogP contribution in [0.15, 0.2) is 0 Å². The maximum atomic E-state index is 11.1. The number of esters is 1. The number of carbonyl (C=O) groups is 1. The molecule has 1 atom stereocenters. The Kier molecular flexibility index (Phi) is 4.89. The van der Waals surface area contributed by atoms with Crippen LogP contribution in [0, 0.1) is 5.41 Å². The average molecular weight is 233 g/mol. The van der Waals surface area contributed by atoms with Gasteiger partial charge >= 0.3 is 5.97 Å². The number of methoxy groups -OCH3 is 1. The van der Waals surface area contributed by atoms with Crippen molar-refractivity contribution >= 4 is 17.7 Å². The van der Waals surface area contributed by atoms with Gasteiger partial charge in [-0.1, -0.05) is 0 Å². The van der Waals surface area contributed by atoms with E-state index < -0.39 is 6.10 Å². The van der Waals surface area contributed by atoms with Gasteiger partial charge in [0.1, 0.15) is 0 Å². The number of carbonyl (C=O) groups excluding carboxylic acids is 1. The Morgan fingerprint density at radius 1 is 1.67 bits per heavy atom. The molecule has 4 nitrogen and oxygen atoms in total. The summed E-state index contributed by atoms with van der Waals surface area (Å²) in [4.78, 5) is 11.1. The van der Waals surface area contributed by atoms with Crippen LogP contribution < -0.4 is 5.73 Å². The summed E-state index contributed by atoms with van der Waals surface area (Å²) in [6.45, 7) is 0.303. The summed E-state index contributed by atoms with van der Waals surface area (Å²) in [6, 6.07) is 0. The first-order chi connectivity index (χ1) is 7.12. The van der Waals surface area contributed by atoms with Gasteiger partial charge in [-0.3, -0.25) is 4.79 Å². The lowest BCUT2D eigenvalue weighted by Crippen LogP contribution is -2.23. The molecule has 3 N–H and O–H groups in total. The molecule has 0 heterocycles. The van der Waals surface area contributed by atoms with E-state index in [9.17, 15) is 9.90 Å². The third-order valence-electron chi connectivity index (χ3n) is 2.69. The minimum Gasteiger partial charge on any atom is -0.469 e. The first kappa shape index (κ1) is 12.8. The second-order valence-corrected chi connectivity index (χ2v) is 5.19. The van der Waals surface area contributed by atoms with Crippen LogP contribution in [-0.4, -0.2) is 42.3 Å². The lowest BCUT2D eigenvalue weighted by molar-refractivity contribution is -0.141. The lowest BCUT2D eigenvalue weighted by atomic mass is 10.1. The number of hydrogen-bond acceptors (Lipinski definition) is 5. The molecular weight excluding hydrogens is 214 g/mol. The third-order valence-corrected chi connectivity index (χ3v) is 4.13. The molecule has 0 amide bonds. The van der Waals surface area contributed by atoms with E-state index in [2.05, 4.69) is 4.74 Å². The summed E-state index contributed by atoms with van der Waals surface area (Å²) in [5, 5.41) is 9.27. The molecule has 1 fully saturated rings. The van der Waals surface area contributed by atoms with E-state index in [1.54, 1.807) is 11.8 Å². The molecule has 0 saturated heterocycles. The Morgan fingerprint density at radius 3 is 2.80 bits per heavy atom. The molecule has 0 bridgehead atoms. The van der Waals surface area contributed by atoms with Gasteiger partial charge in [0.25, 0.3) is 0 Å². The van der Waals surface area contributed by atoms with Crippen molar-refractivity contribution in [2.45, 2.75) is 25.4 Å². The number of nitrogens with two attached hydrogens (primary N) is 1. The van der Waals surface area contributed by atoms with E-state index in [1.165, 1.54) is 7.11 Å². The van der Waals surface area contributed by atoms with Crippen molar-refractivity contribution in [2.75, 3.05) is 25.2 Å². The summed E-state index contributed by atoms with van der Waals surface area (Å²) >= 11 is 1.67. The molecule has 1 aliphatic rings. The molecule has 0 spiro atoms. The molecule has 88 valence electrons. The van der Waals surface area contributed by atoms with Crippen molar-refractivity contribution in [1.29, 1.82) is 0 Å². The van der Waals surface area contributed by atoms with Gasteiger partial charge < -0.3 is 15.6 Å². The van der Waals surface area contributed by atoms with Gasteiger partial charge in [0.15, 0.2) is 0 Å². The topological polar surface area (TPSA) is 72.5 Å². The van der Waals surface area contributed by atoms with E-state index in [0.717, 1.165) is 18.6 Å². The van der Waals surface area contributed by atoms with Crippen molar-refractivity contribution in [1.82, 2.24) is 0 Å². The molecule has 1 unspecified atom stereocenters. The fourth-order valence-electron chi connectivity index (χ4n) is 1.41. The standard InChI is InChI=1S/C10H19NO3S/c1-14-9(13)4-10(2-3-10)7-15-6-8(12)5-11/h8,12H,2-7,11H2,1H3. The molecule has 1 saturated carbocycles. The minimum atomic E-state index is -0.427. The van der Waals surface area contributed by atoms with Gasteiger partial charge in [-0.2, -0.15) is 11.8 Å². The van der Waals surface area contributed by atoms with Crippen molar-refractivity contribution in [3.05, 3.63) is 0 Å². The average Bonchev–Trinajstić information content (AvgIpc) is 2.97. The molecule has 0 aliphatic heterocycles. The Morgan fingerprint density at radius 2 is 2.33 bits per heavy atom. The predicted octanol–water partition coefficient (Wildman–Crippen LogP) is 0.382. The fraction of sp³-hybridized carbons (Fsp3) is 0.900. The SMILES string of the molecule is COC(=O)CC1(CSCC(O)CN)CC1. The molecule has 5 heteroatoms. The summed E-state index contributed by atoms with van der Waals surface area (Å²) in [7, 11) is 1.42. The summed E-state index contributed by atoms with van der Waals surface area (Å²) < 4.78 is 4.66. The molecule has 0 aromatic heterocycles. The molecule has 0 aromatic carbocycles. The van der Waals surface area contributed by atoms with Crippen LogP contribution in [0.4, 0.5) is 0 Å². The van der Waals surface area contributed by atoms with Gasteiger partial charge in [-0.15, -0.1) is 0 Å². The van der Waals surface area contributed by atoms with Gasteiger partial charge in [0, 0.05) is 12.3 Å². The Hall–Kier alpha value is -0.260. The van der Waals surface area contributed by atoms with E-state index in [4.69, 9.17) is 5.73 Å². The van der Waals surface area contributed by atoms with Crippen LogP contribution in [0.5, 0.6) is 0 Å². The summed E-state index contributed by atoms with van der Waals surface area (Å²) in [6.07, 6.45) is 2.26. The maximum Gasteiger partial charge on any atom is 0.306 e. The molecule has 1 rings (SSSR count). The first-order valence-electron chi connectivity index (χ1n) is 5.14. The third kappa shape index (κ3) is 4.40. The smallest absolute Gasteiger partial charge is 0.306 e. The van der Waals surface area contributed by atoms with Gasteiger partial charge in [-0.25, -0.2) is 0 Å². The Bertz CT molecular complexity index is 219. The number of aliphatic hydroxyl groups is 1. The Balaban J connectivity index is 2.17. The molecule has 1 aliphatic carbocycles. The minimum absolute atomic E-state index is 0.132. The number of thioether (sulfide) groups is 1. The van der Waals surface area contributed by atoms with Gasteiger partial charge in [0.05, 0.1) is 19.6 Å². The second-order valence-electron chi connectivity index (χ2n) is 4.16. The highest BCUT2D eigenvalue weighted by Gasteiger charge is 2.44. The van der Waals surface area contributed by atoms with Crippen molar-refractivity contribution in [3.8, 4) is 0 Å². The Labute approximate surface area is 94.6 Å². The highest BCUT2D eigenvalue weighted by atomic mass is 32.2. The molecule has 0 radical (unpaired) electrons. The summed E-state index contributed by atoms with van der Waals surface area (Å²) in [5.74, 6) is 1.44. The second kappa shape index (κ2) is 5.72. The monoisotopic (exact) mass is 233 g/mol. The van der Waals surface area contributed by atoms with Crippen LogP contribution in [-0.2, 0) is 9.53 Å². The van der Waals surface area contributed by atoms with E-state index in [0.29, 0.717) is 18.7 Å². The number of ether oxygens (including phenoxy) is 1. The normalized spacial score (nSPS) is 19.7. The van der Waals surface area contributed by atoms with E-state index >= 15 is 0 Å². The zero-order valence-corrected chi connectivity index (χ0v) is 9.89. The molecule has 15 heavy (non-hydrogen) atoms. The highest BCUT2D eigenvalue weighted by Crippen LogP contribution is 2.51. The summed E-state index contributed by atoms with van der Waals surface area (Å²) in [5.41, 5.74) is 5.45. The van der Waals surface area contributed by atoms with E-state index in [-0.39, 0.29) is 11.4 Å². The van der Waals surface area contributed by atoms with Crippen LogP contribution in [0.25, 0.3) is 0 Å². The number of rotatable bonds is 7. The zero-order chi connectivity index (χ0) is 11.3. The quantitative estimate of drug-likeness (QED) is 0.622. The van der Waals surface area contributed by atoms with Crippen molar-refractivity contribution in [3.63, 3.8) is 0 Å². The van der Waals surface area contributed by atoms with Gasteiger partial charge in [-0.05, 0) is 24.0 Å². The number of hydrogen-bond donors (Lipinski definition) is 2. The van der Waals surface area contributed by atoms with Gasteiger partial charge in [0.2, 0.25) is 0 Å². The van der Waals surface area contributed by atoms with Crippen LogP contribution in [0.2, 0.25) is 0 Å². The lowest BCUT2D eigenvalue weighted by Gasteiger charge is -2.14. The van der Waals surface area contributed by atoms with Crippen LogP contribution in [0.3, 0.4) is 0 Å². The van der Waals surface area contributed by atoms with Crippen molar-refractivity contribution in [2.24, 2.45) is 11.1 Å². The zero-order valence-electron chi connectivity index (χ0n) is 9.07. The largest absolute Gasteiger partial charge is 0.469 e. The first-order valence-corrected chi connectivity index (χ1v) is 6.30. The van der Waals surface area contributed by atoms with Crippen LogP contribution in [0.1, 0.15) is 19.3 Å². The predicted molar refractivity (Wildman–Crippen MR) is 60.7 cm³/mol.